The molecule has 7 heteroatoms. The molecular formula is C27H27FN4O2. The van der Waals surface area contributed by atoms with Crippen molar-refractivity contribution >= 4 is 16.5 Å². The van der Waals surface area contributed by atoms with Crippen LogP contribution in [0.15, 0.2) is 82.4 Å². The van der Waals surface area contributed by atoms with E-state index in [-0.39, 0.29) is 17.1 Å². The van der Waals surface area contributed by atoms with Crippen molar-refractivity contribution in [2.45, 2.75) is 6.54 Å². The molecule has 174 valence electrons. The van der Waals surface area contributed by atoms with Crippen LogP contribution in [-0.4, -0.2) is 46.8 Å². The number of hydrogen-bond donors (Lipinski definition) is 0. The molecule has 4 aromatic rings. The SMILES string of the molecule is Cn1c(-c2ccccc2)cc(=O)n(CCN2CCN(c3cccc4ccc(F)cc34)CC2)c1=O. The normalized spacial score (nSPS) is 14.6. The van der Waals surface area contributed by atoms with Gasteiger partial charge in [0.05, 0.1) is 5.69 Å². The van der Waals surface area contributed by atoms with Crippen LogP contribution in [0.1, 0.15) is 0 Å². The number of rotatable bonds is 5. The van der Waals surface area contributed by atoms with Gasteiger partial charge in [-0.1, -0.05) is 48.5 Å². The van der Waals surface area contributed by atoms with E-state index in [0.717, 1.165) is 48.2 Å². The molecule has 1 saturated heterocycles. The fraction of sp³-hybridized carbons (Fsp3) is 0.259. The Labute approximate surface area is 197 Å². The predicted octanol–water partition coefficient (Wildman–Crippen LogP) is 3.33. The van der Waals surface area contributed by atoms with Crippen LogP contribution < -0.4 is 16.1 Å². The molecule has 0 aliphatic carbocycles. The molecule has 3 aromatic carbocycles. The second-order valence-corrected chi connectivity index (χ2v) is 8.70. The van der Waals surface area contributed by atoms with E-state index in [1.54, 1.807) is 13.1 Å². The van der Waals surface area contributed by atoms with E-state index in [0.29, 0.717) is 18.8 Å². The molecule has 6 nitrogen and oxygen atoms in total. The molecule has 0 unspecified atom stereocenters. The van der Waals surface area contributed by atoms with E-state index in [4.69, 9.17) is 0 Å². The number of hydrogen-bond acceptors (Lipinski definition) is 4. The maximum atomic E-state index is 13.8. The Morgan fingerprint density at radius 2 is 1.59 bits per heavy atom. The summed E-state index contributed by atoms with van der Waals surface area (Å²) in [6.45, 7) is 4.19. The van der Waals surface area contributed by atoms with E-state index in [2.05, 4.69) is 9.80 Å². The Balaban J connectivity index is 1.27. The van der Waals surface area contributed by atoms with Gasteiger partial charge < -0.3 is 4.90 Å². The average Bonchev–Trinajstić information content (AvgIpc) is 2.86. The first-order valence-corrected chi connectivity index (χ1v) is 11.5. The van der Waals surface area contributed by atoms with Crippen LogP contribution in [0.5, 0.6) is 0 Å². The van der Waals surface area contributed by atoms with Crippen molar-refractivity contribution in [2.75, 3.05) is 37.6 Å². The summed E-state index contributed by atoms with van der Waals surface area (Å²) in [6, 6.07) is 21.9. The molecule has 1 aliphatic heterocycles. The van der Waals surface area contributed by atoms with E-state index < -0.39 is 0 Å². The number of halogens is 1. The highest BCUT2D eigenvalue weighted by Crippen LogP contribution is 2.28. The minimum Gasteiger partial charge on any atom is -0.368 e. The minimum absolute atomic E-state index is 0.233. The third-order valence-corrected chi connectivity index (χ3v) is 6.65. The molecule has 0 saturated carbocycles. The van der Waals surface area contributed by atoms with Crippen molar-refractivity contribution in [2.24, 2.45) is 7.05 Å². The third kappa shape index (κ3) is 4.26. The number of benzene rings is 3. The summed E-state index contributed by atoms with van der Waals surface area (Å²) >= 11 is 0. The molecule has 34 heavy (non-hydrogen) atoms. The Kier molecular flexibility index (Phi) is 6.02. The number of anilines is 1. The van der Waals surface area contributed by atoms with Crippen molar-refractivity contribution in [1.29, 1.82) is 0 Å². The maximum Gasteiger partial charge on any atom is 0.331 e. The van der Waals surface area contributed by atoms with Gasteiger partial charge in [-0.3, -0.25) is 18.8 Å². The first-order chi connectivity index (χ1) is 16.5. The lowest BCUT2D eigenvalue weighted by Gasteiger charge is -2.36. The summed E-state index contributed by atoms with van der Waals surface area (Å²) in [7, 11) is 1.70. The number of nitrogens with zero attached hydrogens (tertiary/aromatic N) is 4. The highest BCUT2D eigenvalue weighted by Gasteiger charge is 2.19. The van der Waals surface area contributed by atoms with Gasteiger partial charge in [-0.2, -0.15) is 0 Å². The standard InChI is InChI=1S/C27H27FN4O2/c1-29-25(21-6-3-2-4-7-21)19-26(33)32(27(29)34)17-14-30-12-15-31(16-13-30)24-9-5-8-20-10-11-22(28)18-23(20)24/h2-11,18-19H,12-17H2,1H3. The number of fused-ring (bicyclic) bond motifs is 1. The van der Waals surface area contributed by atoms with Gasteiger partial charge in [-0.05, 0) is 29.1 Å². The van der Waals surface area contributed by atoms with Gasteiger partial charge >= 0.3 is 5.69 Å². The second-order valence-electron chi connectivity index (χ2n) is 8.70. The minimum atomic E-state index is -0.303. The van der Waals surface area contributed by atoms with Gasteiger partial charge in [0.2, 0.25) is 0 Å². The lowest BCUT2D eigenvalue weighted by Crippen LogP contribution is -2.49. The molecule has 0 spiro atoms. The van der Waals surface area contributed by atoms with Gasteiger partial charge in [0, 0.05) is 63.5 Å². The summed E-state index contributed by atoms with van der Waals surface area (Å²) in [5.41, 5.74) is 1.92. The monoisotopic (exact) mass is 458 g/mol. The van der Waals surface area contributed by atoms with Crippen LogP contribution in [0.4, 0.5) is 10.1 Å². The molecule has 0 N–H and O–H groups in total. The molecule has 0 amide bonds. The van der Waals surface area contributed by atoms with Gasteiger partial charge in [0.25, 0.3) is 5.56 Å². The summed E-state index contributed by atoms with van der Waals surface area (Å²) in [6.07, 6.45) is 0. The molecule has 5 rings (SSSR count). The number of piperazine rings is 1. The lowest BCUT2D eigenvalue weighted by atomic mass is 10.1. The Hall–Kier alpha value is -3.71. The first kappa shape index (κ1) is 22.1. The smallest absolute Gasteiger partial charge is 0.331 e. The molecular weight excluding hydrogens is 431 g/mol. The first-order valence-electron chi connectivity index (χ1n) is 11.5. The molecule has 0 radical (unpaired) electrons. The van der Waals surface area contributed by atoms with Crippen molar-refractivity contribution in [3.63, 3.8) is 0 Å². The van der Waals surface area contributed by atoms with Crippen LogP contribution in [0.25, 0.3) is 22.0 Å². The number of aromatic nitrogens is 2. The molecule has 0 bridgehead atoms. The largest absolute Gasteiger partial charge is 0.368 e. The van der Waals surface area contributed by atoms with Crippen LogP contribution in [0.3, 0.4) is 0 Å². The molecule has 1 aromatic heterocycles. The third-order valence-electron chi connectivity index (χ3n) is 6.65. The lowest BCUT2D eigenvalue weighted by molar-refractivity contribution is 0.245. The fourth-order valence-electron chi connectivity index (χ4n) is 4.72. The van der Waals surface area contributed by atoms with Crippen molar-refractivity contribution in [1.82, 2.24) is 14.0 Å². The highest BCUT2D eigenvalue weighted by molar-refractivity contribution is 5.94. The Morgan fingerprint density at radius 3 is 2.35 bits per heavy atom. The van der Waals surface area contributed by atoms with E-state index >= 15 is 0 Å². The fourth-order valence-corrected chi connectivity index (χ4v) is 4.72. The molecule has 2 heterocycles. The van der Waals surface area contributed by atoms with Crippen LogP contribution in [-0.2, 0) is 13.6 Å². The topological polar surface area (TPSA) is 50.5 Å². The molecule has 1 aliphatic rings. The van der Waals surface area contributed by atoms with Crippen molar-refractivity contribution in [3.8, 4) is 11.3 Å². The van der Waals surface area contributed by atoms with Crippen LogP contribution in [0.2, 0.25) is 0 Å². The summed E-state index contributed by atoms with van der Waals surface area (Å²) in [4.78, 5) is 30.2. The maximum absolute atomic E-state index is 13.8. The van der Waals surface area contributed by atoms with E-state index in [9.17, 15) is 14.0 Å². The summed E-state index contributed by atoms with van der Waals surface area (Å²) in [5.74, 6) is -0.233. The van der Waals surface area contributed by atoms with Crippen LogP contribution in [0, 0.1) is 5.82 Å². The van der Waals surface area contributed by atoms with Gasteiger partial charge in [0.15, 0.2) is 0 Å². The zero-order chi connectivity index (χ0) is 23.7. The highest BCUT2D eigenvalue weighted by atomic mass is 19.1. The Bertz CT molecular complexity index is 1440. The van der Waals surface area contributed by atoms with E-state index in [1.165, 1.54) is 21.3 Å². The summed E-state index contributed by atoms with van der Waals surface area (Å²) < 4.78 is 16.7. The van der Waals surface area contributed by atoms with Gasteiger partial charge in [0.1, 0.15) is 5.82 Å². The second kappa shape index (κ2) is 9.27. The van der Waals surface area contributed by atoms with E-state index in [1.807, 2.05) is 54.6 Å². The van der Waals surface area contributed by atoms with Crippen molar-refractivity contribution < 1.29 is 4.39 Å². The Morgan fingerprint density at radius 1 is 0.824 bits per heavy atom. The zero-order valence-electron chi connectivity index (χ0n) is 19.2. The molecule has 1 fully saturated rings. The van der Waals surface area contributed by atoms with Crippen LogP contribution >= 0.6 is 0 Å². The molecule has 0 atom stereocenters. The predicted molar refractivity (Wildman–Crippen MR) is 134 cm³/mol. The quantitative estimate of drug-likeness (QED) is 0.460. The van der Waals surface area contributed by atoms with Crippen molar-refractivity contribution in [3.05, 3.63) is 99.5 Å². The average molecular weight is 459 g/mol. The summed E-state index contributed by atoms with van der Waals surface area (Å²) in [5, 5.41) is 1.94. The van der Waals surface area contributed by atoms with Gasteiger partial charge in [-0.25, -0.2) is 9.18 Å². The van der Waals surface area contributed by atoms with Gasteiger partial charge in [-0.15, -0.1) is 0 Å². The zero-order valence-corrected chi connectivity index (χ0v) is 19.2.